The number of aryl methyl sites for hydroxylation is 2. The predicted molar refractivity (Wildman–Crippen MR) is 123 cm³/mol. The van der Waals surface area contributed by atoms with Crippen molar-refractivity contribution < 1.29 is 23.1 Å². The molecule has 9 heteroatoms. The fourth-order valence-electron chi connectivity index (χ4n) is 4.52. The number of piperazine rings is 1. The molecule has 2 aromatic carbocycles. The lowest BCUT2D eigenvalue weighted by molar-refractivity contribution is -0.131. The third kappa shape index (κ3) is 5.10. The van der Waals surface area contributed by atoms with Crippen LogP contribution < -0.4 is 10.6 Å². The normalized spacial score (nSPS) is 21.2. The summed E-state index contributed by atoms with van der Waals surface area (Å²) >= 11 is 0. The van der Waals surface area contributed by atoms with E-state index in [4.69, 9.17) is 0 Å². The monoisotopic (exact) mass is 471 g/mol. The molecule has 3 N–H and O–H groups in total. The fraction of sp³-hybridized carbons (Fsp3) is 0.417. The third-order valence-electron chi connectivity index (χ3n) is 6.33. The van der Waals surface area contributed by atoms with Crippen molar-refractivity contribution in [2.75, 3.05) is 13.1 Å². The van der Waals surface area contributed by atoms with Gasteiger partial charge in [0.15, 0.2) is 0 Å². The van der Waals surface area contributed by atoms with Crippen LogP contribution in [0.15, 0.2) is 47.4 Å². The van der Waals surface area contributed by atoms with Crippen LogP contribution in [0.1, 0.15) is 35.1 Å². The van der Waals surface area contributed by atoms with Gasteiger partial charge < -0.3 is 15.7 Å². The van der Waals surface area contributed by atoms with Crippen LogP contribution in [-0.2, 0) is 39.1 Å². The lowest BCUT2D eigenvalue weighted by Crippen LogP contribution is -2.58. The molecule has 0 saturated carbocycles. The Morgan fingerprint density at radius 2 is 1.94 bits per heavy atom. The number of aliphatic hydroxyl groups is 1. The Kier molecular flexibility index (Phi) is 6.83. The molecule has 0 radical (unpaired) electrons. The molecule has 0 bridgehead atoms. The van der Waals surface area contributed by atoms with E-state index in [0.29, 0.717) is 6.42 Å². The van der Waals surface area contributed by atoms with Crippen LogP contribution in [0.4, 0.5) is 0 Å². The highest BCUT2D eigenvalue weighted by Crippen LogP contribution is 2.24. The maximum absolute atomic E-state index is 13.2. The second-order valence-electron chi connectivity index (χ2n) is 8.71. The van der Waals surface area contributed by atoms with E-state index >= 15 is 0 Å². The van der Waals surface area contributed by atoms with Gasteiger partial charge in [-0.3, -0.25) is 9.59 Å². The average molecular weight is 472 g/mol. The molecule has 1 aliphatic heterocycles. The first-order chi connectivity index (χ1) is 15.8. The van der Waals surface area contributed by atoms with Gasteiger partial charge in [-0.05, 0) is 55.0 Å². The van der Waals surface area contributed by atoms with Crippen LogP contribution in [-0.4, -0.2) is 54.8 Å². The van der Waals surface area contributed by atoms with Gasteiger partial charge in [0, 0.05) is 19.1 Å². The summed E-state index contributed by atoms with van der Waals surface area (Å²) in [5.74, 6) is -0.818. The second kappa shape index (κ2) is 9.62. The van der Waals surface area contributed by atoms with Crippen molar-refractivity contribution in [3.63, 3.8) is 0 Å². The first kappa shape index (κ1) is 23.4. The van der Waals surface area contributed by atoms with Gasteiger partial charge in [-0.1, -0.05) is 35.9 Å². The first-order valence-electron chi connectivity index (χ1n) is 11.1. The summed E-state index contributed by atoms with van der Waals surface area (Å²) in [4.78, 5) is 25.5. The molecule has 2 aliphatic rings. The van der Waals surface area contributed by atoms with E-state index in [1.165, 1.54) is 17.7 Å². The molecule has 0 aromatic heterocycles. The lowest BCUT2D eigenvalue weighted by Gasteiger charge is -2.34. The number of sulfonamides is 1. The van der Waals surface area contributed by atoms with Crippen LogP contribution in [0.2, 0.25) is 0 Å². The molecule has 1 aliphatic carbocycles. The Labute approximate surface area is 194 Å². The molecular formula is C24H29N3O5S. The second-order valence-corrected chi connectivity index (χ2v) is 10.6. The molecule has 2 amide bonds. The third-order valence-corrected chi connectivity index (χ3v) is 8.26. The van der Waals surface area contributed by atoms with Crippen LogP contribution >= 0.6 is 0 Å². The van der Waals surface area contributed by atoms with E-state index in [2.05, 4.69) is 10.6 Å². The molecule has 1 saturated heterocycles. The van der Waals surface area contributed by atoms with Gasteiger partial charge in [-0.2, -0.15) is 4.31 Å². The molecule has 1 fully saturated rings. The van der Waals surface area contributed by atoms with E-state index in [-0.39, 0.29) is 43.0 Å². The molecular weight excluding hydrogens is 442 g/mol. The van der Waals surface area contributed by atoms with Crippen LogP contribution in [0.25, 0.3) is 0 Å². The Morgan fingerprint density at radius 3 is 2.67 bits per heavy atom. The number of aliphatic hydroxyl groups excluding tert-OH is 1. The number of hydrogen-bond donors (Lipinski definition) is 3. The quantitative estimate of drug-likeness (QED) is 0.582. The zero-order valence-electron chi connectivity index (χ0n) is 18.6. The maximum atomic E-state index is 13.2. The van der Waals surface area contributed by atoms with Gasteiger partial charge in [0.1, 0.15) is 6.04 Å². The minimum Gasteiger partial charge on any atom is -0.392 e. The number of benzene rings is 2. The van der Waals surface area contributed by atoms with Gasteiger partial charge >= 0.3 is 0 Å². The van der Waals surface area contributed by atoms with E-state index in [1.807, 2.05) is 25.1 Å². The van der Waals surface area contributed by atoms with Crippen molar-refractivity contribution in [3.05, 3.63) is 64.7 Å². The van der Waals surface area contributed by atoms with Crippen molar-refractivity contribution in [1.82, 2.24) is 14.9 Å². The van der Waals surface area contributed by atoms with Crippen molar-refractivity contribution in [3.8, 4) is 0 Å². The molecule has 4 rings (SSSR count). The Hall–Kier alpha value is -2.75. The summed E-state index contributed by atoms with van der Waals surface area (Å²) in [6.07, 6.45) is 1.97. The number of hydrogen-bond acceptors (Lipinski definition) is 5. The Balaban J connectivity index is 1.46. The zero-order chi connectivity index (χ0) is 23.6. The maximum Gasteiger partial charge on any atom is 0.243 e. The summed E-state index contributed by atoms with van der Waals surface area (Å²) in [6.45, 7) is 2.15. The number of rotatable bonds is 6. The fourth-order valence-corrected chi connectivity index (χ4v) is 6.10. The van der Waals surface area contributed by atoms with E-state index in [9.17, 15) is 23.1 Å². The molecule has 33 heavy (non-hydrogen) atoms. The number of carbonyl (C=O) groups is 2. The summed E-state index contributed by atoms with van der Waals surface area (Å²) in [5.41, 5.74) is 4.06. The predicted octanol–water partition coefficient (Wildman–Crippen LogP) is 1.04. The molecule has 176 valence electrons. The van der Waals surface area contributed by atoms with Crippen LogP contribution in [0.5, 0.6) is 0 Å². The number of nitrogens with zero attached hydrogens (tertiary/aromatic N) is 1. The summed E-state index contributed by atoms with van der Waals surface area (Å²) < 4.78 is 27.6. The minimum absolute atomic E-state index is 0.0353. The largest absolute Gasteiger partial charge is 0.392 e. The topological polar surface area (TPSA) is 116 Å². The minimum atomic E-state index is -3.92. The van der Waals surface area contributed by atoms with Gasteiger partial charge in [-0.15, -0.1) is 0 Å². The van der Waals surface area contributed by atoms with Crippen molar-refractivity contribution in [1.29, 1.82) is 0 Å². The summed E-state index contributed by atoms with van der Waals surface area (Å²) in [6, 6.07) is 11.1. The SMILES string of the molecule is Cc1ccc(S(=O)(=O)N2CCNC(=O)[C@H]2CC(=O)NC2CCc3ccc(CO)cc3C2)cc1. The number of nitrogens with one attached hydrogen (secondary N) is 2. The van der Waals surface area contributed by atoms with Gasteiger partial charge in [0.2, 0.25) is 21.8 Å². The highest BCUT2D eigenvalue weighted by Gasteiger charge is 2.40. The van der Waals surface area contributed by atoms with Gasteiger partial charge in [0.05, 0.1) is 17.9 Å². The van der Waals surface area contributed by atoms with Gasteiger partial charge in [0.25, 0.3) is 0 Å². The van der Waals surface area contributed by atoms with Crippen molar-refractivity contribution >= 4 is 21.8 Å². The molecule has 8 nitrogen and oxygen atoms in total. The Bertz CT molecular complexity index is 1150. The first-order valence-corrected chi connectivity index (χ1v) is 12.6. The standard InChI is InChI=1S/C24H29N3O5S/c1-16-2-8-21(9-3-16)33(31,32)27-11-10-25-24(30)22(27)14-23(29)26-20-7-6-18-5-4-17(15-28)12-19(18)13-20/h2-5,8-9,12,20,22,28H,6-7,10-11,13-15H2,1H3,(H,25,30)(H,26,29)/t20?,22-/m1/s1. The zero-order valence-corrected chi connectivity index (χ0v) is 19.4. The number of fused-ring (bicyclic) bond motifs is 1. The number of carbonyl (C=O) groups excluding carboxylic acids is 2. The molecule has 2 atom stereocenters. The Morgan fingerprint density at radius 1 is 1.18 bits per heavy atom. The molecule has 1 unspecified atom stereocenters. The van der Waals surface area contributed by atoms with E-state index < -0.39 is 22.0 Å². The highest BCUT2D eigenvalue weighted by molar-refractivity contribution is 7.89. The van der Waals surface area contributed by atoms with E-state index in [0.717, 1.165) is 33.8 Å². The van der Waals surface area contributed by atoms with Crippen molar-refractivity contribution in [2.45, 2.75) is 56.2 Å². The smallest absolute Gasteiger partial charge is 0.243 e. The molecule has 2 aromatic rings. The van der Waals surface area contributed by atoms with E-state index in [1.54, 1.807) is 12.1 Å². The lowest BCUT2D eigenvalue weighted by atomic mass is 9.87. The van der Waals surface area contributed by atoms with Crippen LogP contribution in [0, 0.1) is 6.92 Å². The average Bonchev–Trinajstić information content (AvgIpc) is 2.80. The van der Waals surface area contributed by atoms with Gasteiger partial charge in [-0.25, -0.2) is 8.42 Å². The summed E-state index contributed by atoms with van der Waals surface area (Å²) in [7, 11) is -3.92. The molecule has 0 spiro atoms. The highest BCUT2D eigenvalue weighted by atomic mass is 32.2. The summed E-state index contributed by atoms with van der Waals surface area (Å²) in [5, 5.41) is 15.0. The number of amides is 2. The molecule has 1 heterocycles. The van der Waals surface area contributed by atoms with Crippen LogP contribution in [0.3, 0.4) is 0 Å². The van der Waals surface area contributed by atoms with Crippen molar-refractivity contribution in [2.24, 2.45) is 0 Å².